The summed E-state index contributed by atoms with van der Waals surface area (Å²) in [6, 6.07) is 0. The molecule has 0 aromatic carbocycles. The molecule has 190 valence electrons. The smallest absolute Gasteiger partial charge is 0.306 e. The Morgan fingerprint density at radius 2 is 1.06 bits per heavy atom. The molecule has 0 amide bonds. The summed E-state index contributed by atoms with van der Waals surface area (Å²) in [6.45, 7) is 11.2. The van der Waals surface area contributed by atoms with Crippen molar-refractivity contribution in [2.45, 2.75) is 168 Å². The standard InChI is InChI=1S/C29H57NO2/c1-6-7-8-9-10-11-12-13-14-15-16-17-18-19-20-21-22-26(27(31)32)25-23-28(2,3)30-29(4,5)24-25/h25-26,30H,6-24H2,1-5H3,(H,31,32). The first kappa shape index (κ1) is 29.5. The highest BCUT2D eigenvalue weighted by Crippen LogP contribution is 2.39. The van der Waals surface area contributed by atoms with Crippen molar-refractivity contribution in [2.75, 3.05) is 0 Å². The van der Waals surface area contributed by atoms with Crippen molar-refractivity contribution >= 4 is 5.97 Å². The van der Waals surface area contributed by atoms with E-state index in [4.69, 9.17) is 0 Å². The Labute approximate surface area is 200 Å². The molecule has 2 N–H and O–H groups in total. The fourth-order valence-electron chi connectivity index (χ4n) is 6.16. The number of unbranched alkanes of at least 4 members (excludes halogenated alkanes) is 15. The van der Waals surface area contributed by atoms with Gasteiger partial charge in [0, 0.05) is 11.1 Å². The average molecular weight is 452 g/mol. The van der Waals surface area contributed by atoms with Crippen LogP contribution in [0.25, 0.3) is 0 Å². The average Bonchev–Trinajstić information content (AvgIpc) is 2.67. The second-order valence-electron chi connectivity index (χ2n) is 12.1. The molecule has 3 heteroatoms. The van der Waals surface area contributed by atoms with Crippen molar-refractivity contribution in [3.05, 3.63) is 0 Å². The number of hydrogen-bond donors (Lipinski definition) is 2. The van der Waals surface area contributed by atoms with Gasteiger partial charge in [0.05, 0.1) is 5.92 Å². The lowest BCUT2D eigenvalue weighted by molar-refractivity contribution is -0.145. The number of hydrogen-bond acceptors (Lipinski definition) is 2. The molecule has 1 saturated heterocycles. The van der Waals surface area contributed by atoms with Crippen LogP contribution in [0.5, 0.6) is 0 Å². The molecule has 0 radical (unpaired) electrons. The van der Waals surface area contributed by atoms with Crippen LogP contribution >= 0.6 is 0 Å². The molecule has 0 bridgehead atoms. The van der Waals surface area contributed by atoms with Gasteiger partial charge < -0.3 is 10.4 Å². The molecular formula is C29H57NO2. The number of carboxylic acid groups (broad SMARTS) is 1. The minimum Gasteiger partial charge on any atom is -0.481 e. The van der Waals surface area contributed by atoms with Crippen molar-refractivity contribution in [1.82, 2.24) is 5.32 Å². The molecule has 0 saturated carbocycles. The number of carboxylic acids is 1. The number of aliphatic carboxylic acids is 1. The van der Waals surface area contributed by atoms with E-state index in [1.165, 1.54) is 96.3 Å². The predicted molar refractivity (Wildman–Crippen MR) is 139 cm³/mol. The Hall–Kier alpha value is -0.570. The van der Waals surface area contributed by atoms with Crippen LogP contribution in [0.2, 0.25) is 0 Å². The van der Waals surface area contributed by atoms with Crippen LogP contribution in [0.3, 0.4) is 0 Å². The maximum atomic E-state index is 12.0. The number of nitrogens with one attached hydrogen (secondary N) is 1. The molecule has 1 fully saturated rings. The lowest BCUT2D eigenvalue weighted by Crippen LogP contribution is -2.59. The van der Waals surface area contributed by atoms with Gasteiger partial charge in [0.2, 0.25) is 0 Å². The topological polar surface area (TPSA) is 49.3 Å². The van der Waals surface area contributed by atoms with Crippen molar-refractivity contribution in [2.24, 2.45) is 11.8 Å². The van der Waals surface area contributed by atoms with Gasteiger partial charge in [-0.05, 0) is 52.9 Å². The highest BCUT2D eigenvalue weighted by molar-refractivity contribution is 5.70. The molecule has 1 aliphatic heterocycles. The number of carbonyl (C=O) groups is 1. The van der Waals surface area contributed by atoms with E-state index in [-0.39, 0.29) is 22.9 Å². The Morgan fingerprint density at radius 3 is 1.41 bits per heavy atom. The molecule has 1 rings (SSSR count). The van der Waals surface area contributed by atoms with Crippen LogP contribution in [0.1, 0.15) is 157 Å². The minimum absolute atomic E-state index is 0.0226. The maximum Gasteiger partial charge on any atom is 0.306 e. The van der Waals surface area contributed by atoms with Crippen molar-refractivity contribution in [3.63, 3.8) is 0 Å². The summed E-state index contributed by atoms with van der Waals surface area (Å²) < 4.78 is 0. The van der Waals surface area contributed by atoms with Gasteiger partial charge in [-0.25, -0.2) is 0 Å². The zero-order valence-electron chi connectivity index (χ0n) is 22.4. The van der Waals surface area contributed by atoms with Gasteiger partial charge in [-0.1, -0.05) is 110 Å². The number of rotatable bonds is 19. The molecule has 3 nitrogen and oxygen atoms in total. The van der Waals surface area contributed by atoms with E-state index < -0.39 is 5.97 Å². The Kier molecular flexibility index (Phi) is 14.8. The van der Waals surface area contributed by atoms with Gasteiger partial charge in [0.1, 0.15) is 0 Å². The van der Waals surface area contributed by atoms with E-state index >= 15 is 0 Å². The van der Waals surface area contributed by atoms with Crippen molar-refractivity contribution in [3.8, 4) is 0 Å². The molecule has 0 spiro atoms. The van der Waals surface area contributed by atoms with Crippen LogP contribution in [0, 0.1) is 11.8 Å². The second kappa shape index (κ2) is 16.1. The van der Waals surface area contributed by atoms with Gasteiger partial charge >= 0.3 is 5.97 Å². The molecule has 0 aromatic rings. The molecule has 1 aliphatic rings. The third kappa shape index (κ3) is 13.9. The Bertz CT molecular complexity index is 470. The monoisotopic (exact) mass is 451 g/mol. The zero-order valence-corrected chi connectivity index (χ0v) is 22.4. The van der Waals surface area contributed by atoms with Gasteiger partial charge in [-0.15, -0.1) is 0 Å². The van der Waals surface area contributed by atoms with Crippen LogP contribution in [0.4, 0.5) is 0 Å². The quantitative estimate of drug-likeness (QED) is 0.193. The fourth-order valence-corrected chi connectivity index (χ4v) is 6.16. The van der Waals surface area contributed by atoms with E-state index in [1.54, 1.807) is 0 Å². The summed E-state index contributed by atoms with van der Waals surface area (Å²) in [5, 5.41) is 13.6. The summed E-state index contributed by atoms with van der Waals surface area (Å²) >= 11 is 0. The van der Waals surface area contributed by atoms with Crippen LogP contribution in [-0.2, 0) is 4.79 Å². The van der Waals surface area contributed by atoms with Crippen molar-refractivity contribution in [1.29, 1.82) is 0 Å². The zero-order chi connectivity index (χ0) is 23.9. The predicted octanol–water partition coefficient (Wildman–Crippen LogP) is 8.90. The normalized spacial score (nSPS) is 19.2. The number of piperidine rings is 1. The fraction of sp³-hybridized carbons (Fsp3) is 0.966. The van der Waals surface area contributed by atoms with E-state index in [0.29, 0.717) is 0 Å². The van der Waals surface area contributed by atoms with Gasteiger partial charge in [0.25, 0.3) is 0 Å². The molecule has 0 aliphatic carbocycles. The summed E-state index contributed by atoms with van der Waals surface area (Å²) in [7, 11) is 0. The van der Waals surface area contributed by atoms with Crippen LogP contribution < -0.4 is 5.32 Å². The molecule has 1 heterocycles. The third-order valence-corrected chi connectivity index (χ3v) is 7.48. The van der Waals surface area contributed by atoms with E-state index in [1.807, 2.05) is 0 Å². The lowest BCUT2D eigenvalue weighted by Gasteiger charge is -2.48. The lowest BCUT2D eigenvalue weighted by atomic mass is 9.69. The SMILES string of the molecule is CCCCCCCCCCCCCCCCCCC(C(=O)O)C1CC(C)(C)NC(C)(C)C1. The summed E-state index contributed by atoms with van der Waals surface area (Å²) in [5.74, 6) is -0.471. The van der Waals surface area contributed by atoms with Crippen LogP contribution in [-0.4, -0.2) is 22.2 Å². The van der Waals surface area contributed by atoms with Crippen LogP contribution in [0.15, 0.2) is 0 Å². The summed E-state index contributed by atoms with van der Waals surface area (Å²) in [5.41, 5.74) is 0.0451. The summed E-state index contributed by atoms with van der Waals surface area (Å²) in [4.78, 5) is 12.0. The molecule has 0 aromatic heterocycles. The maximum absolute atomic E-state index is 12.0. The second-order valence-corrected chi connectivity index (χ2v) is 12.1. The first-order chi connectivity index (χ1) is 15.2. The molecular weight excluding hydrogens is 394 g/mol. The third-order valence-electron chi connectivity index (χ3n) is 7.48. The highest BCUT2D eigenvalue weighted by atomic mass is 16.4. The first-order valence-corrected chi connectivity index (χ1v) is 14.2. The minimum atomic E-state index is -0.579. The molecule has 1 unspecified atom stereocenters. The molecule has 32 heavy (non-hydrogen) atoms. The van der Waals surface area contributed by atoms with Crippen molar-refractivity contribution < 1.29 is 9.90 Å². The molecule has 1 atom stereocenters. The van der Waals surface area contributed by atoms with Gasteiger partial charge in [-0.2, -0.15) is 0 Å². The highest BCUT2D eigenvalue weighted by Gasteiger charge is 2.42. The van der Waals surface area contributed by atoms with E-state index in [2.05, 4.69) is 39.9 Å². The Morgan fingerprint density at radius 1 is 0.719 bits per heavy atom. The van der Waals surface area contributed by atoms with Gasteiger partial charge in [0.15, 0.2) is 0 Å². The van der Waals surface area contributed by atoms with Gasteiger partial charge in [-0.3, -0.25) is 4.79 Å². The van der Waals surface area contributed by atoms with E-state index in [9.17, 15) is 9.90 Å². The summed E-state index contributed by atoms with van der Waals surface area (Å²) in [6.07, 6.45) is 24.6. The first-order valence-electron chi connectivity index (χ1n) is 14.2. The largest absolute Gasteiger partial charge is 0.481 e. The Balaban J connectivity index is 2.04. The van der Waals surface area contributed by atoms with E-state index in [0.717, 1.165) is 25.7 Å².